The SMILES string of the molecule is CC(=O)NC(C)(C)PCNC(=O)C1=C/C=C\C=C/C=C1. The smallest absolute Gasteiger partial charge is 0.251 e. The van der Waals surface area contributed by atoms with E-state index in [1.807, 2.05) is 44.2 Å². The van der Waals surface area contributed by atoms with E-state index in [2.05, 4.69) is 10.6 Å². The fourth-order valence-electron chi connectivity index (χ4n) is 1.65. The lowest BCUT2D eigenvalue weighted by atomic mass is 10.2. The van der Waals surface area contributed by atoms with Gasteiger partial charge >= 0.3 is 0 Å². The molecule has 0 saturated heterocycles. The molecule has 2 amide bonds. The van der Waals surface area contributed by atoms with Gasteiger partial charge < -0.3 is 10.6 Å². The number of carbonyl (C=O) groups excluding carboxylic acids is 2. The van der Waals surface area contributed by atoms with Crippen molar-refractivity contribution in [1.82, 2.24) is 10.6 Å². The number of hydrogen-bond donors (Lipinski definition) is 2. The van der Waals surface area contributed by atoms with Gasteiger partial charge in [0.2, 0.25) is 5.91 Å². The van der Waals surface area contributed by atoms with Crippen molar-refractivity contribution in [3.8, 4) is 0 Å². The molecule has 0 aromatic rings. The van der Waals surface area contributed by atoms with Crippen molar-refractivity contribution in [2.24, 2.45) is 0 Å². The minimum Gasteiger partial charge on any atom is -0.348 e. The predicted molar refractivity (Wildman–Crippen MR) is 84.7 cm³/mol. The van der Waals surface area contributed by atoms with Crippen LogP contribution in [0.1, 0.15) is 20.8 Å². The zero-order valence-corrected chi connectivity index (χ0v) is 13.1. The molecular formula is C15H21N2O2P. The van der Waals surface area contributed by atoms with E-state index in [1.165, 1.54) is 6.92 Å². The molecule has 1 rings (SSSR count). The van der Waals surface area contributed by atoms with Crippen molar-refractivity contribution in [2.45, 2.75) is 26.1 Å². The summed E-state index contributed by atoms with van der Waals surface area (Å²) in [6.45, 7) is 5.39. The maximum atomic E-state index is 12.0. The molecule has 1 unspecified atom stereocenters. The van der Waals surface area contributed by atoms with Crippen LogP contribution in [0.2, 0.25) is 0 Å². The van der Waals surface area contributed by atoms with Crippen LogP contribution in [0.4, 0.5) is 0 Å². The van der Waals surface area contributed by atoms with Gasteiger partial charge in [0.25, 0.3) is 5.91 Å². The van der Waals surface area contributed by atoms with Crippen LogP contribution < -0.4 is 10.6 Å². The van der Waals surface area contributed by atoms with Crippen LogP contribution in [0.15, 0.2) is 48.1 Å². The van der Waals surface area contributed by atoms with Gasteiger partial charge in [-0.3, -0.25) is 9.59 Å². The highest BCUT2D eigenvalue weighted by Crippen LogP contribution is 2.26. The summed E-state index contributed by atoms with van der Waals surface area (Å²) in [4.78, 5) is 23.0. The quantitative estimate of drug-likeness (QED) is 0.763. The Labute approximate surface area is 121 Å². The number of allylic oxidation sites excluding steroid dienone is 6. The van der Waals surface area contributed by atoms with E-state index in [9.17, 15) is 9.59 Å². The minimum absolute atomic E-state index is 0.0589. The number of amides is 2. The Hall–Kier alpha value is -1.67. The summed E-state index contributed by atoms with van der Waals surface area (Å²) >= 11 is 0. The fraction of sp³-hybridized carbons (Fsp3) is 0.333. The average molecular weight is 292 g/mol. The van der Waals surface area contributed by atoms with Crippen LogP contribution >= 0.6 is 8.58 Å². The van der Waals surface area contributed by atoms with Gasteiger partial charge in [-0.2, -0.15) is 0 Å². The number of rotatable bonds is 5. The monoisotopic (exact) mass is 292 g/mol. The number of nitrogens with one attached hydrogen (secondary N) is 2. The second kappa shape index (κ2) is 7.81. The van der Waals surface area contributed by atoms with Crippen molar-refractivity contribution >= 4 is 20.4 Å². The van der Waals surface area contributed by atoms with Crippen LogP contribution in [0.5, 0.6) is 0 Å². The van der Waals surface area contributed by atoms with E-state index in [0.29, 0.717) is 20.4 Å². The van der Waals surface area contributed by atoms with Crippen LogP contribution in [0.3, 0.4) is 0 Å². The van der Waals surface area contributed by atoms with E-state index >= 15 is 0 Å². The summed E-state index contributed by atoms with van der Waals surface area (Å²) in [6.07, 6.45) is 13.4. The first kappa shape index (κ1) is 16.4. The summed E-state index contributed by atoms with van der Waals surface area (Å²) in [7, 11) is 0.408. The van der Waals surface area contributed by atoms with Gasteiger partial charge in [0, 0.05) is 18.8 Å². The van der Waals surface area contributed by atoms with Crippen molar-refractivity contribution in [2.75, 3.05) is 6.29 Å². The van der Waals surface area contributed by atoms with Crippen LogP contribution in [-0.2, 0) is 9.59 Å². The van der Waals surface area contributed by atoms with Gasteiger partial charge in [0.1, 0.15) is 0 Å². The largest absolute Gasteiger partial charge is 0.348 e. The first-order valence-corrected chi connectivity index (χ1v) is 7.65. The molecule has 0 aliphatic heterocycles. The highest BCUT2D eigenvalue weighted by molar-refractivity contribution is 7.39. The molecule has 1 aliphatic rings. The maximum absolute atomic E-state index is 12.0. The summed E-state index contributed by atoms with van der Waals surface area (Å²) in [6, 6.07) is 0. The summed E-state index contributed by atoms with van der Waals surface area (Å²) in [5, 5.41) is 5.44. The molecule has 0 bridgehead atoms. The molecule has 0 heterocycles. The van der Waals surface area contributed by atoms with E-state index in [1.54, 1.807) is 12.2 Å². The summed E-state index contributed by atoms with van der Waals surface area (Å²) in [5.74, 6) is -0.163. The van der Waals surface area contributed by atoms with Gasteiger partial charge in [0.05, 0.1) is 5.28 Å². The predicted octanol–water partition coefficient (Wildman–Crippen LogP) is 2.22. The zero-order chi connectivity index (χ0) is 15.0. The Balaban J connectivity index is 2.45. The molecule has 0 aromatic heterocycles. The fourth-order valence-corrected chi connectivity index (χ4v) is 2.60. The minimum atomic E-state index is -0.299. The molecule has 0 saturated carbocycles. The van der Waals surface area contributed by atoms with Crippen LogP contribution in [-0.4, -0.2) is 23.4 Å². The third kappa shape index (κ3) is 6.48. The molecule has 108 valence electrons. The molecule has 20 heavy (non-hydrogen) atoms. The molecule has 0 aromatic carbocycles. The molecular weight excluding hydrogens is 271 g/mol. The standard InChI is InChI=1S/C15H21N2O2P/c1-12(18)17-15(2,3)20-11-16-14(19)13-9-7-5-4-6-8-10-13/h4-10,20H,11H2,1-3H3,(H,16,19)(H,17,18)/b5-4-,6-4?,7-5?,8-6-,9-7?,10-8?,13-9?,13-10?. The molecule has 0 fully saturated rings. The lowest BCUT2D eigenvalue weighted by Gasteiger charge is -2.25. The first-order chi connectivity index (χ1) is 9.41. The zero-order valence-electron chi connectivity index (χ0n) is 12.1. The number of hydrogen-bond acceptors (Lipinski definition) is 2. The van der Waals surface area contributed by atoms with Gasteiger partial charge in [0.15, 0.2) is 0 Å². The average Bonchev–Trinajstić information content (AvgIpc) is 2.25. The van der Waals surface area contributed by atoms with E-state index < -0.39 is 0 Å². The van der Waals surface area contributed by atoms with Crippen LogP contribution in [0.25, 0.3) is 0 Å². The molecule has 0 radical (unpaired) electrons. The molecule has 1 atom stereocenters. The highest BCUT2D eigenvalue weighted by Gasteiger charge is 2.18. The topological polar surface area (TPSA) is 58.2 Å². The van der Waals surface area contributed by atoms with Crippen molar-refractivity contribution in [1.29, 1.82) is 0 Å². The van der Waals surface area contributed by atoms with E-state index in [4.69, 9.17) is 0 Å². The Morgan fingerprint density at radius 3 is 2.50 bits per heavy atom. The first-order valence-electron chi connectivity index (χ1n) is 6.44. The molecule has 5 heteroatoms. The normalized spacial score (nSPS) is 18.1. The molecule has 1 aliphatic carbocycles. The Morgan fingerprint density at radius 1 is 1.15 bits per heavy atom. The molecule has 2 N–H and O–H groups in total. The Kier molecular flexibility index (Phi) is 6.40. The molecule has 4 nitrogen and oxygen atoms in total. The number of carbonyl (C=O) groups is 2. The second-order valence-electron chi connectivity index (χ2n) is 4.92. The van der Waals surface area contributed by atoms with Gasteiger partial charge in [-0.05, 0) is 26.0 Å². The van der Waals surface area contributed by atoms with Crippen molar-refractivity contribution < 1.29 is 9.59 Å². The van der Waals surface area contributed by atoms with Crippen LogP contribution in [0, 0.1) is 0 Å². The lowest BCUT2D eigenvalue weighted by molar-refractivity contribution is -0.119. The third-order valence-electron chi connectivity index (χ3n) is 2.53. The van der Waals surface area contributed by atoms with E-state index in [-0.39, 0.29) is 17.1 Å². The Bertz CT molecular complexity index is 488. The lowest BCUT2D eigenvalue weighted by Crippen LogP contribution is -2.39. The van der Waals surface area contributed by atoms with Gasteiger partial charge in [-0.15, -0.1) is 0 Å². The van der Waals surface area contributed by atoms with Crippen molar-refractivity contribution in [3.05, 3.63) is 48.1 Å². The third-order valence-corrected chi connectivity index (χ3v) is 3.89. The summed E-state index contributed by atoms with van der Waals surface area (Å²) in [5.41, 5.74) is 0.618. The second-order valence-corrected chi connectivity index (χ2v) is 6.87. The maximum Gasteiger partial charge on any atom is 0.251 e. The van der Waals surface area contributed by atoms with E-state index in [0.717, 1.165) is 0 Å². The molecule has 0 spiro atoms. The Morgan fingerprint density at radius 2 is 1.80 bits per heavy atom. The van der Waals surface area contributed by atoms with Gasteiger partial charge in [-0.25, -0.2) is 0 Å². The van der Waals surface area contributed by atoms with Crippen molar-refractivity contribution in [3.63, 3.8) is 0 Å². The highest BCUT2D eigenvalue weighted by atomic mass is 31.1. The van der Waals surface area contributed by atoms with Gasteiger partial charge in [-0.1, -0.05) is 39.0 Å². The summed E-state index contributed by atoms with van der Waals surface area (Å²) < 4.78 is 0.